The molecular formula is C16H17F3N2O2. The average Bonchev–Trinajstić information content (AvgIpc) is 2.68. The zero-order valence-corrected chi connectivity index (χ0v) is 12.6. The van der Waals surface area contributed by atoms with Crippen molar-refractivity contribution in [2.24, 2.45) is 0 Å². The largest absolute Gasteiger partial charge is 0.480 e. The minimum absolute atomic E-state index is 0.415. The molecule has 1 aromatic carbocycles. The number of benzene rings is 1. The number of nitrogens with one attached hydrogen (secondary N) is 1. The van der Waals surface area contributed by atoms with Crippen molar-refractivity contribution in [1.29, 1.82) is 0 Å². The molecule has 23 heavy (non-hydrogen) atoms. The zero-order valence-electron chi connectivity index (χ0n) is 12.6. The molecule has 2 aliphatic heterocycles. The first-order valence-electron chi connectivity index (χ1n) is 7.42. The molecule has 3 rings (SSSR count). The first kappa shape index (κ1) is 15.7. The molecule has 0 saturated heterocycles. The summed E-state index contributed by atoms with van der Waals surface area (Å²) < 4.78 is 38.7. The predicted octanol–water partition coefficient (Wildman–Crippen LogP) is 3.14. The number of carboxylic acids is 1. The third-order valence-corrected chi connectivity index (χ3v) is 4.42. The Hall–Kier alpha value is -2.18. The number of carbonyl (C=O) groups is 1. The van der Waals surface area contributed by atoms with Crippen LogP contribution in [-0.4, -0.2) is 24.2 Å². The van der Waals surface area contributed by atoms with Gasteiger partial charge in [0.1, 0.15) is 11.9 Å². The molecule has 0 radical (unpaired) electrons. The van der Waals surface area contributed by atoms with Gasteiger partial charge >= 0.3 is 12.1 Å². The van der Waals surface area contributed by atoms with E-state index < -0.39 is 23.8 Å². The van der Waals surface area contributed by atoms with Gasteiger partial charge < -0.3 is 15.3 Å². The molecular weight excluding hydrogens is 309 g/mol. The summed E-state index contributed by atoms with van der Waals surface area (Å²) in [7, 11) is 1.75. The number of alkyl halides is 3. The molecule has 0 aliphatic carbocycles. The Kier molecular flexibility index (Phi) is 3.74. The van der Waals surface area contributed by atoms with Crippen LogP contribution in [-0.2, 0) is 17.4 Å². The highest BCUT2D eigenvalue weighted by Gasteiger charge is 2.34. The second-order valence-corrected chi connectivity index (χ2v) is 5.96. The monoisotopic (exact) mass is 326 g/mol. The van der Waals surface area contributed by atoms with E-state index in [4.69, 9.17) is 0 Å². The number of hydrogen-bond donors (Lipinski definition) is 2. The van der Waals surface area contributed by atoms with Crippen molar-refractivity contribution in [1.82, 2.24) is 5.32 Å². The summed E-state index contributed by atoms with van der Waals surface area (Å²) in [5.74, 6) is -0.201. The summed E-state index contributed by atoms with van der Waals surface area (Å²) in [5, 5.41) is 12.3. The maximum absolute atomic E-state index is 12.9. The number of aliphatic carboxylic acids is 1. The number of halogens is 3. The third kappa shape index (κ3) is 2.87. The van der Waals surface area contributed by atoms with Gasteiger partial charge in [0, 0.05) is 12.7 Å². The maximum Gasteiger partial charge on any atom is 0.416 e. The van der Waals surface area contributed by atoms with Crippen LogP contribution in [0.2, 0.25) is 0 Å². The number of anilines is 1. The molecule has 0 bridgehead atoms. The van der Waals surface area contributed by atoms with Crippen LogP contribution in [0.15, 0.2) is 29.6 Å². The van der Waals surface area contributed by atoms with Gasteiger partial charge in [-0.3, -0.25) is 0 Å². The van der Waals surface area contributed by atoms with Crippen LogP contribution in [0, 0.1) is 0 Å². The first-order chi connectivity index (χ1) is 10.8. The fourth-order valence-electron chi connectivity index (χ4n) is 3.25. The van der Waals surface area contributed by atoms with Gasteiger partial charge in [0.2, 0.25) is 0 Å². The lowest BCUT2D eigenvalue weighted by atomic mass is 9.94. The van der Waals surface area contributed by atoms with Crippen LogP contribution in [0.3, 0.4) is 0 Å². The van der Waals surface area contributed by atoms with Gasteiger partial charge in [-0.05, 0) is 55.0 Å². The van der Waals surface area contributed by atoms with E-state index >= 15 is 0 Å². The smallest absolute Gasteiger partial charge is 0.416 e. The van der Waals surface area contributed by atoms with E-state index in [0.29, 0.717) is 42.8 Å². The lowest BCUT2D eigenvalue weighted by molar-refractivity contribution is -0.139. The molecule has 124 valence electrons. The summed E-state index contributed by atoms with van der Waals surface area (Å²) in [6.07, 6.45) is -2.06. The Morgan fingerprint density at radius 3 is 2.78 bits per heavy atom. The van der Waals surface area contributed by atoms with E-state index in [1.54, 1.807) is 11.9 Å². The molecule has 1 unspecified atom stereocenters. The topological polar surface area (TPSA) is 52.6 Å². The number of rotatable bonds is 1. The van der Waals surface area contributed by atoms with E-state index in [1.165, 1.54) is 12.1 Å². The Morgan fingerprint density at radius 2 is 2.13 bits per heavy atom. The molecule has 7 heteroatoms. The summed E-state index contributed by atoms with van der Waals surface area (Å²) in [6.45, 7) is 0. The fourth-order valence-corrected chi connectivity index (χ4v) is 3.25. The molecule has 0 aromatic heterocycles. The van der Waals surface area contributed by atoms with Gasteiger partial charge in [-0.15, -0.1) is 0 Å². The Morgan fingerprint density at radius 1 is 1.39 bits per heavy atom. The molecule has 2 heterocycles. The number of fused-ring (bicyclic) bond motifs is 1. The van der Waals surface area contributed by atoms with Crippen molar-refractivity contribution < 1.29 is 23.1 Å². The zero-order chi connectivity index (χ0) is 16.8. The third-order valence-electron chi connectivity index (χ3n) is 4.42. The molecule has 0 fully saturated rings. The maximum atomic E-state index is 12.9. The predicted molar refractivity (Wildman–Crippen MR) is 79.0 cm³/mol. The second-order valence-electron chi connectivity index (χ2n) is 5.96. The minimum Gasteiger partial charge on any atom is -0.480 e. The van der Waals surface area contributed by atoms with E-state index in [0.717, 1.165) is 11.6 Å². The average molecular weight is 326 g/mol. The van der Waals surface area contributed by atoms with E-state index in [1.807, 2.05) is 0 Å². The normalized spacial score (nSPS) is 21.2. The lowest BCUT2D eigenvalue weighted by Gasteiger charge is -2.33. The highest BCUT2D eigenvalue weighted by molar-refractivity contribution is 5.74. The van der Waals surface area contributed by atoms with E-state index in [2.05, 4.69) is 5.32 Å². The summed E-state index contributed by atoms with van der Waals surface area (Å²) in [4.78, 5) is 13.0. The molecule has 1 aromatic rings. The lowest BCUT2D eigenvalue weighted by Crippen LogP contribution is -2.42. The number of carboxylic acid groups (broad SMARTS) is 1. The van der Waals surface area contributed by atoms with Crippen molar-refractivity contribution in [3.63, 3.8) is 0 Å². The Bertz CT molecular complexity index is 682. The van der Waals surface area contributed by atoms with Crippen LogP contribution in [0.4, 0.5) is 18.9 Å². The highest BCUT2D eigenvalue weighted by atomic mass is 19.4. The number of hydrogen-bond acceptors (Lipinski definition) is 3. The van der Waals surface area contributed by atoms with Gasteiger partial charge in [0.05, 0.1) is 5.56 Å². The first-order valence-corrected chi connectivity index (χ1v) is 7.42. The number of nitrogens with zero attached hydrogens (tertiary/aromatic N) is 1. The van der Waals surface area contributed by atoms with Crippen molar-refractivity contribution >= 4 is 11.7 Å². The van der Waals surface area contributed by atoms with Crippen molar-refractivity contribution in [2.45, 2.75) is 37.9 Å². The van der Waals surface area contributed by atoms with Gasteiger partial charge in [-0.2, -0.15) is 13.2 Å². The van der Waals surface area contributed by atoms with Crippen molar-refractivity contribution in [3.8, 4) is 0 Å². The van der Waals surface area contributed by atoms with Gasteiger partial charge in [-0.25, -0.2) is 4.79 Å². The second kappa shape index (κ2) is 5.47. The SMILES string of the molecule is CN1C2=C(CCCC(C(=O)O)N2)Cc2cc(C(F)(F)F)ccc21. The fraction of sp³-hybridized carbons (Fsp3) is 0.438. The minimum atomic E-state index is -4.36. The van der Waals surface area contributed by atoms with E-state index in [-0.39, 0.29) is 0 Å². The van der Waals surface area contributed by atoms with Gasteiger partial charge in [0.15, 0.2) is 0 Å². The molecule has 2 aliphatic rings. The van der Waals surface area contributed by atoms with Crippen LogP contribution in [0.1, 0.15) is 30.4 Å². The standard InChI is InChI=1S/C16H17F3N2O2/c1-21-13-6-5-11(16(17,18)19)8-10(13)7-9-3-2-4-12(15(22)23)20-14(9)21/h5-6,8,12,20H,2-4,7H2,1H3,(H,22,23). The molecule has 4 nitrogen and oxygen atoms in total. The summed E-state index contributed by atoms with van der Waals surface area (Å²) in [5.41, 5.74) is 1.61. The van der Waals surface area contributed by atoms with Crippen LogP contribution in [0.5, 0.6) is 0 Å². The molecule has 1 atom stereocenters. The molecule has 0 spiro atoms. The Balaban J connectivity index is 1.97. The Labute approximate surface area is 131 Å². The summed E-state index contributed by atoms with van der Waals surface area (Å²) in [6, 6.07) is 3.03. The van der Waals surface area contributed by atoms with Crippen LogP contribution < -0.4 is 10.2 Å². The van der Waals surface area contributed by atoms with Gasteiger partial charge in [-0.1, -0.05) is 0 Å². The van der Waals surface area contributed by atoms with E-state index in [9.17, 15) is 23.1 Å². The molecule has 0 saturated carbocycles. The quantitative estimate of drug-likeness (QED) is 0.832. The molecule has 2 N–H and O–H groups in total. The summed E-state index contributed by atoms with van der Waals surface area (Å²) >= 11 is 0. The molecule has 0 amide bonds. The van der Waals surface area contributed by atoms with Gasteiger partial charge in [0.25, 0.3) is 0 Å². The van der Waals surface area contributed by atoms with Crippen LogP contribution >= 0.6 is 0 Å². The van der Waals surface area contributed by atoms with Crippen LogP contribution in [0.25, 0.3) is 0 Å². The highest BCUT2D eigenvalue weighted by Crippen LogP contribution is 2.38. The van der Waals surface area contributed by atoms with Crippen molar-refractivity contribution in [3.05, 3.63) is 40.7 Å². The number of allylic oxidation sites excluding steroid dienone is 1. The van der Waals surface area contributed by atoms with Crippen molar-refractivity contribution in [2.75, 3.05) is 11.9 Å².